The van der Waals surface area contributed by atoms with Gasteiger partial charge in [-0.05, 0) is 105 Å². The van der Waals surface area contributed by atoms with Crippen LogP contribution in [0.2, 0.25) is 0 Å². The summed E-state index contributed by atoms with van der Waals surface area (Å²) in [6, 6.07) is 85.2. The van der Waals surface area contributed by atoms with Crippen molar-refractivity contribution >= 4 is 43.7 Å². The molecule has 3 aromatic heterocycles. The molecule has 10 aromatic carbocycles. The lowest BCUT2D eigenvalue weighted by molar-refractivity contribution is 0.669. The van der Waals surface area contributed by atoms with Gasteiger partial charge in [-0.15, -0.1) is 0 Å². The molecule has 0 aliphatic carbocycles. The topological polar surface area (TPSA) is 56.7 Å². The molecule has 0 atom stereocenters. The fraction of sp³-hybridized carbons (Fsp3) is 0. The first-order valence-corrected chi connectivity index (χ1v) is 22.9. The number of hydrogen-bond acceptors (Lipinski definition) is 4. The Morgan fingerprint density at radius 1 is 0.279 bits per heavy atom. The van der Waals surface area contributed by atoms with E-state index in [1.165, 1.54) is 0 Å². The molecule has 5 heteroatoms. The van der Waals surface area contributed by atoms with Gasteiger partial charge in [0.15, 0.2) is 17.5 Å². The smallest absolute Gasteiger partial charge is 0.164 e. The number of hydrogen-bond donors (Lipinski definition) is 0. The highest BCUT2D eigenvalue weighted by atomic mass is 16.3. The zero-order chi connectivity index (χ0) is 45.0. The summed E-state index contributed by atoms with van der Waals surface area (Å²) in [5.41, 5.74) is 16.4. The van der Waals surface area contributed by atoms with Crippen molar-refractivity contribution in [2.75, 3.05) is 0 Å². The molecule has 0 spiro atoms. The van der Waals surface area contributed by atoms with Crippen LogP contribution >= 0.6 is 0 Å². The van der Waals surface area contributed by atoms with Crippen LogP contribution in [0.15, 0.2) is 247 Å². The van der Waals surface area contributed by atoms with Crippen molar-refractivity contribution in [1.29, 1.82) is 0 Å². The molecule has 0 amide bonds. The normalized spacial score (nSPS) is 11.5. The number of furan rings is 1. The molecule has 0 saturated heterocycles. The van der Waals surface area contributed by atoms with Crippen molar-refractivity contribution in [1.82, 2.24) is 19.5 Å². The summed E-state index contributed by atoms with van der Waals surface area (Å²) < 4.78 is 9.20. The Hall–Kier alpha value is -9.19. The van der Waals surface area contributed by atoms with Crippen molar-refractivity contribution in [2.45, 2.75) is 0 Å². The molecule has 0 radical (unpaired) electrons. The molecular formula is C63H40N4O. The van der Waals surface area contributed by atoms with Gasteiger partial charge < -0.3 is 8.98 Å². The summed E-state index contributed by atoms with van der Waals surface area (Å²) in [5.74, 6) is 1.78. The molecule has 3 heterocycles. The SMILES string of the molecule is c1ccc(-c2cc(-c3ccccc3)cc(-c3ccc(-c4cccc5oc6ccc7c(c8ccccc8n7-c7ccccc7)c6c45)c(-c4nc(-c5ccccc5)nc(-c5ccccc5)n4)c3)c2)cc1. The van der Waals surface area contributed by atoms with Crippen LogP contribution in [0, 0.1) is 0 Å². The van der Waals surface area contributed by atoms with Crippen molar-refractivity contribution < 1.29 is 4.42 Å². The van der Waals surface area contributed by atoms with Crippen LogP contribution in [-0.2, 0) is 0 Å². The first-order valence-electron chi connectivity index (χ1n) is 22.9. The first-order chi connectivity index (χ1) is 33.7. The van der Waals surface area contributed by atoms with Gasteiger partial charge in [0.1, 0.15) is 11.2 Å². The minimum atomic E-state index is 0.577. The van der Waals surface area contributed by atoms with Crippen LogP contribution < -0.4 is 0 Å². The van der Waals surface area contributed by atoms with E-state index in [9.17, 15) is 0 Å². The summed E-state index contributed by atoms with van der Waals surface area (Å²) in [5, 5.41) is 4.42. The molecule has 0 N–H and O–H groups in total. The van der Waals surface area contributed by atoms with Crippen LogP contribution in [0.5, 0.6) is 0 Å². The van der Waals surface area contributed by atoms with Gasteiger partial charge in [0, 0.05) is 43.9 Å². The summed E-state index contributed by atoms with van der Waals surface area (Å²) in [6.45, 7) is 0. The molecule has 0 saturated carbocycles. The summed E-state index contributed by atoms with van der Waals surface area (Å²) in [6.07, 6.45) is 0. The molecule has 13 aromatic rings. The lowest BCUT2D eigenvalue weighted by Gasteiger charge is -2.16. The second kappa shape index (κ2) is 16.4. The number of para-hydroxylation sites is 2. The number of fused-ring (bicyclic) bond motifs is 7. The van der Waals surface area contributed by atoms with E-state index in [2.05, 4.69) is 211 Å². The first kappa shape index (κ1) is 39.2. The van der Waals surface area contributed by atoms with Gasteiger partial charge in [-0.2, -0.15) is 0 Å². The Morgan fingerprint density at radius 2 is 0.794 bits per heavy atom. The molecule has 0 aliphatic rings. The van der Waals surface area contributed by atoms with Crippen molar-refractivity contribution in [3.63, 3.8) is 0 Å². The van der Waals surface area contributed by atoms with Crippen LogP contribution in [-0.4, -0.2) is 19.5 Å². The Kier molecular flexibility index (Phi) is 9.43. The molecule has 318 valence electrons. The third-order valence-corrected chi connectivity index (χ3v) is 13.0. The van der Waals surface area contributed by atoms with Gasteiger partial charge in [0.2, 0.25) is 0 Å². The van der Waals surface area contributed by atoms with E-state index in [4.69, 9.17) is 19.4 Å². The average Bonchev–Trinajstić information content (AvgIpc) is 3.98. The van der Waals surface area contributed by atoms with Crippen LogP contribution in [0.4, 0.5) is 0 Å². The Bertz CT molecular complexity index is 3880. The molecule has 0 bridgehead atoms. The molecule has 0 fully saturated rings. The second-order valence-corrected chi connectivity index (χ2v) is 17.1. The number of rotatable bonds is 8. The largest absolute Gasteiger partial charge is 0.456 e. The van der Waals surface area contributed by atoms with E-state index < -0.39 is 0 Å². The lowest BCUT2D eigenvalue weighted by Crippen LogP contribution is -2.01. The summed E-state index contributed by atoms with van der Waals surface area (Å²) in [7, 11) is 0. The quantitative estimate of drug-likeness (QED) is 0.153. The molecule has 68 heavy (non-hydrogen) atoms. The van der Waals surface area contributed by atoms with Gasteiger partial charge in [-0.25, -0.2) is 15.0 Å². The second-order valence-electron chi connectivity index (χ2n) is 17.1. The fourth-order valence-corrected chi connectivity index (χ4v) is 9.91. The molecule has 0 unspecified atom stereocenters. The predicted molar refractivity (Wildman–Crippen MR) is 279 cm³/mol. The Labute approximate surface area is 392 Å². The highest BCUT2D eigenvalue weighted by molar-refractivity contribution is 6.29. The zero-order valence-electron chi connectivity index (χ0n) is 36.8. The van der Waals surface area contributed by atoms with E-state index in [0.717, 1.165) is 111 Å². The standard InChI is InChI=1S/C63H40N4O/c1-6-19-41(20-7-1)46-37-47(42-21-8-2-9-22-42)39-48(38-46)45-33-34-50(53(40-45)63-65-61(43-23-10-3-11-24-43)64-62(66-63)44-25-12-4-13-26-44)51-30-18-32-56-59(51)60-57(68-56)36-35-55-58(60)52-29-16-17-31-54(52)67(55)49-27-14-5-15-28-49/h1-40H. The Balaban J connectivity index is 1.11. The third-order valence-electron chi connectivity index (χ3n) is 13.0. The number of benzene rings is 10. The maximum absolute atomic E-state index is 6.84. The highest BCUT2D eigenvalue weighted by Crippen LogP contribution is 2.47. The molecular weight excluding hydrogens is 829 g/mol. The maximum atomic E-state index is 6.84. The fourth-order valence-electron chi connectivity index (χ4n) is 9.91. The maximum Gasteiger partial charge on any atom is 0.164 e. The third kappa shape index (κ3) is 6.76. The average molecular weight is 869 g/mol. The minimum absolute atomic E-state index is 0.577. The van der Waals surface area contributed by atoms with Gasteiger partial charge in [0.25, 0.3) is 0 Å². The number of nitrogens with zero attached hydrogens (tertiary/aromatic N) is 4. The molecule has 5 nitrogen and oxygen atoms in total. The highest BCUT2D eigenvalue weighted by Gasteiger charge is 2.24. The zero-order valence-corrected chi connectivity index (χ0v) is 36.8. The van der Waals surface area contributed by atoms with E-state index in [0.29, 0.717) is 17.5 Å². The van der Waals surface area contributed by atoms with E-state index in [1.54, 1.807) is 0 Å². The summed E-state index contributed by atoms with van der Waals surface area (Å²) >= 11 is 0. The van der Waals surface area contributed by atoms with Crippen LogP contribution in [0.25, 0.3) is 128 Å². The molecule has 13 rings (SSSR count). The lowest BCUT2D eigenvalue weighted by atomic mass is 9.89. The Morgan fingerprint density at radius 3 is 1.41 bits per heavy atom. The van der Waals surface area contributed by atoms with E-state index >= 15 is 0 Å². The van der Waals surface area contributed by atoms with Gasteiger partial charge in [-0.3, -0.25) is 0 Å². The van der Waals surface area contributed by atoms with E-state index in [1.807, 2.05) is 36.4 Å². The van der Waals surface area contributed by atoms with Gasteiger partial charge in [0.05, 0.1) is 11.0 Å². The van der Waals surface area contributed by atoms with Crippen LogP contribution in [0.1, 0.15) is 0 Å². The van der Waals surface area contributed by atoms with Crippen molar-refractivity contribution in [3.05, 3.63) is 243 Å². The van der Waals surface area contributed by atoms with Gasteiger partial charge >= 0.3 is 0 Å². The monoisotopic (exact) mass is 868 g/mol. The van der Waals surface area contributed by atoms with Crippen molar-refractivity contribution in [2.24, 2.45) is 0 Å². The van der Waals surface area contributed by atoms with Crippen molar-refractivity contribution in [3.8, 4) is 84.4 Å². The van der Waals surface area contributed by atoms with Crippen LogP contribution in [0.3, 0.4) is 0 Å². The van der Waals surface area contributed by atoms with Gasteiger partial charge in [-0.1, -0.05) is 182 Å². The summed E-state index contributed by atoms with van der Waals surface area (Å²) in [4.78, 5) is 15.8. The molecule has 0 aliphatic heterocycles. The predicted octanol–water partition coefficient (Wildman–Crippen LogP) is 16.5. The minimum Gasteiger partial charge on any atom is -0.456 e. The van der Waals surface area contributed by atoms with E-state index in [-0.39, 0.29) is 0 Å². The number of aromatic nitrogens is 4.